The Balaban J connectivity index is 1.64. The van der Waals surface area contributed by atoms with Crippen molar-refractivity contribution in [2.75, 3.05) is 0 Å². The summed E-state index contributed by atoms with van der Waals surface area (Å²) < 4.78 is 5.35. The van der Waals surface area contributed by atoms with Crippen LogP contribution in [0.1, 0.15) is 23.2 Å². The van der Waals surface area contributed by atoms with Crippen molar-refractivity contribution in [3.05, 3.63) is 51.6 Å². The first kappa shape index (κ1) is 11.0. The predicted octanol–water partition coefficient (Wildman–Crippen LogP) is 2.47. The van der Waals surface area contributed by atoms with Crippen LogP contribution >= 0.6 is 0 Å². The molecule has 92 valence electrons. The van der Waals surface area contributed by atoms with Crippen molar-refractivity contribution < 1.29 is 14.5 Å². The molecule has 0 unspecified atom stereocenters. The van der Waals surface area contributed by atoms with E-state index in [0.29, 0.717) is 11.5 Å². The number of carbonyl (C=O) groups is 1. The van der Waals surface area contributed by atoms with Crippen LogP contribution < -0.4 is 0 Å². The van der Waals surface area contributed by atoms with Crippen LogP contribution in [0.5, 0.6) is 0 Å². The first-order valence-corrected chi connectivity index (χ1v) is 5.79. The van der Waals surface area contributed by atoms with E-state index in [4.69, 9.17) is 4.74 Å². The van der Waals surface area contributed by atoms with E-state index in [1.165, 1.54) is 29.8 Å². The molecule has 0 aliphatic heterocycles. The Labute approximate surface area is 103 Å². The molecule has 1 aromatic carbocycles. The van der Waals surface area contributed by atoms with Gasteiger partial charge in [0, 0.05) is 24.5 Å². The van der Waals surface area contributed by atoms with Gasteiger partial charge in [0.25, 0.3) is 5.69 Å². The van der Waals surface area contributed by atoms with Crippen LogP contribution in [0, 0.1) is 16.0 Å². The zero-order valence-electron chi connectivity index (χ0n) is 9.54. The molecule has 0 spiro atoms. The number of nitrogens with zero attached hydrogens (tertiary/aromatic N) is 1. The summed E-state index contributed by atoms with van der Waals surface area (Å²) in [5.74, 6) is 0.149. The molecule has 0 saturated heterocycles. The Hall–Kier alpha value is -2.17. The number of nitro groups is 1. The number of esters is 1. The minimum atomic E-state index is -0.494. The Bertz CT molecular complexity index is 547. The van der Waals surface area contributed by atoms with Crippen LogP contribution in [0.25, 0.3) is 0 Å². The van der Waals surface area contributed by atoms with Crippen LogP contribution in [0.15, 0.2) is 35.9 Å². The van der Waals surface area contributed by atoms with Crippen LogP contribution in [-0.4, -0.2) is 17.0 Å². The zero-order valence-corrected chi connectivity index (χ0v) is 9.54. The van der Waals surface area contributed by atoms with E-state index in [1.807, 2.05) is 0 Å². The molecule has 5 nitrogen and oxygen atoms in total. The van der Waals surface area contributed by atoms with E-state index in [-0.39, 0.29) is 11.8 Å². The SMILES string of the molecule is O=C(O[C@@H]1CC2=C[C@H]2C1)c1ccc([N+](=O)[O-])cc1. The van der Waals surface area contributed by atoms with Gasteiger partial charge in [-0.2, -0.15) is 0 Å². The lowest BCUT2D eigenvalue weighted by atomic mass is 10.2. The van der Waals surface area contributed by atoms with Gasteiger partial charge in [-0.25, -0.2) is 4.79 Å². The summed E-state index contributed by atoms with van der Waals surface area (Å²) >= 11 is 0. The monoisotopic (exact) mass is 245 g/mol. The molecule has 0 radical (unpaired) electrons. The molecule has 2 aliphatic carbocycles. The fourth-order valence-corrected chi connectivity index (χ4v) is 2.31. The lowest BCUT2D eigenvalue weighted by Gasteiger charge is -2.12. The molecule has 1 fully saturated rings. The molecule has 0 N–H and O–H groups in total. The maximum atomic E-state index is 11.8. The fourth-order valence-electron chi connectivity index (χ4n) is 2.31. The highest BCUT2D eigenvalue weighted by molar-refractivity contribution is 5.89. The highest BCUT2D eigenvalue weighted by Crippen LogP contribution is 2.45. The third kappa shape index (κ3) is 1.99. The fraction of sp³-hybridized carbons (Fsp3) is 0.308. The molecule has 18 heavy (non-hydrogen) atoms. The zero-order chi connectivity index (χ0) is 12.7. The van der Waals surface area contributed by atoms with Gasteiger partial charge in [0.05, 0.1) is 10.5 Å². The number of nitro benzene ring substituents is 1. The number of allylic oxidation sites excluding steroid dienone is 1. The minimum Gasteiger partial charge on any atom is -0.458 e. The molecule has 2 atom stereocenters. The maximum Gasteiger partial charge on any atom is 0.338 e. The minimum absolute atomic E-state index is 0.0289. The van der Waals surface area contributed by atoms with Crippen molar-refractivity contribution in [1.82, 2.24) is 0 Å². The highest BCUT2D eigenvalue weighted by atomic mass is 16.6. The van der Waals surface area contributed by atoms with E-state index in [2.05, 4.69) is 6.08 Å². The average Bonchev–Trinajstić information content (AvgIpc) is 2.97. The molecule has 5 heteroatoms. The number of hydrogen-bond donors (Lipinski definition) is 0. The molecular weight excluding hydrogens is 234 g/mol. The topological polar surface area (TPSA) is 69.4 Å². The van der Waals surface area contributed by atoms with Crippen molar-refractivity contribution in [3.63, 3.8) is 0 Å². The van der Waals surface area contributed by atoms with Gasteiger partial charge >= 0.3 is 5.97 Å². The number of non-ortho nitro benzene ring substituents is 1. The number of hydrogen-bond acceptors (Lipinski definition) is 4. The van der Waals surface area contributed by atoms with Crippen LogP contribution in [0.4, 0.5) is 5.69 Å². The summed E-state index contributed by atoms with van der Waals surface area (Å²) in [5, 5.41) is 10.5. The number of ether oxygens (including phenoxy) is 1. The predicted molar refractivity (Wildman–Crippen MR) is 63.1 cm³/mol. The van der Waals surface area contributed by atoms with Gasteiger partial charge in [-0.1, -0.05) is 11.6 Å². The molecule has 0 heterocycles. The Morgan fingerprint density at radius 3 is 2.61 bits per heavy atom. The van der Waals surface area contributed by atoms with Gasteiger partial charge in [0.15, 0.2) is 0 Å². The Morgan fingerprint density at radius 1 is 1.33 bits per heavy atom. The average molecular weight is 245 g/mol. The summed E-state index contributed by atoms with van der Waals surface area (Å²) in [5.41, 5.74) is 1.71. The van der Waals surface area contributed by atoms with E-state index in [0.717, 1.165) is 12.8 Å². The molecule has 3 rings (SSSR count). The highest BCUT2D eigenvalue weighted by Gasteiger charge is 2.38. The Kier molecular flexibility index (Phi) is 2.40. The van der Waals surface area contributed by atoms with E-state index in [9.17, 15) is 14.9 Å². The lowest BCUT2D eigenvalue weighted by Crippen LogP contribution is -2.15. The molecule has 2 aliphatic rings. The van der Waals surface area contributed by atoms with Crippen LogP contribution in [0.3, 0.4) is 0 Å². The van der Waals surface area contributed by atoms with Gasteiger partial charge < -0.3 is 4.74 Å². The molecule has 1 saturated carbocycles. The van der Waals surface area contributed by atoms with Crippen molar-refractivity contribution in [1.29, 1.82) is 0 Å². The number of rotatable bonds is 3. The van der Waals surface area contributed by atoms with Gasteiger partial charge in [0.2, 0.25) is 0 Å². The summed E-state index contributed by atoms with van der Waals surface area (Å²) in [6.07, 6.45) is 3.88. The summed E-state index contributed by atoms with van der Waals surface area (Å²) in [6.45, 7) is 0. The summed E-state index contributed by atoms with van der Waals surface area (Å²) in [6, 6.07) is 5.47. The molecule has 0 amide bonds. The normalized spacial score (nSPS) is 24.1. The molecule has 1 aromatic rings. The second-order valence-electron chi connectivity index (χ2n) is 4.62. The van der Waals surface area contributed by atoms with E-state index in [1.54, 1.807) is 0 Å². The van der Waals surface area contributed by atoms with Gasteiger partial charge in [0.1, 0.15) is 6.10 Å². The smallest absolute Gasteiger partial charge is 0.338 e. The van der Waals surface area contributed by atoms with Crippen molar-refractivity contribution >= 4 is 11.7 Å². The number of benzene rings is 1. The second-order valence-corrected chi connectivity index (χ2v) is 4.62. The van der Waals surface area contributed by atoms with Crippen LogP contribution in [0.2, 0.25) is 0 Å². The third-order valence-electron chi connectivity index (χ3n) is 3.35. The molecule has 0 bridgehead atoms. The van der Waals surface area contributed by atoms with E-state index < -0.39 is 10.9 Å². The number of carbonyl (C=O) groups excluding carboxylic acids is 1. The lowest BCUT2D eigenvalue weighted by molar-refractivity contribution is -0.384. The standard InChI is InChI=1S/C13H11NO4/c15-13(18-12-6-9-5-10(9)7-12)8-1-3-11(4-2-8)14(16)17/h1-5,9,12H,6-7H2/t9-,12-/m0/s1. The van der Waals surface area contributed by atoms with Crippen molar-refractivity contribution in [2.24, 2.45) is 5.92 Å². The van der Waals surface area contributed by atoms with E-state index >= 15 is 0 Å². The van der Waals surface area contributed by atoms with Gasteiger partial charge in [-0.15, -0.1) is 0 Å². The molecule has 0 aromatic heterocycles. The molecular formula is C13H11NO4. The maximum absolute atomic E-state index is 11.8. The summed E-state index contributed by atoms with van der Waals surface area (Å²) in [4.78, 5) is 21.8. The first-order valence-electron chi connectivity index (χ1n) is 5.79. The van der Waals surface area contributed by atoms with Crippen molar-refractivity contribution in [3.8, 4) is 0 Å². The van der Waals surface area contributed by atoms with Gasteiger partial charge in [-0.05, 0) is 18.6 Å². The quantitative estimate of drug-likeness (QED) is 0.355. The number of fused-ring (bicyclic) bond motifs is 1. The third-order valence-corrected chi connectivity index (χ3v) is 3.35. The largest absolute Gasteiger partial charge is 0.458 e. The van der Waals surface area contributed by atoms with Crippen LogP contribution in [-0.2, 0) is 4.74 Å². The Morgan fingerprint density at radius 2 is 2.06 bits per heavy atom. The van der Waals surface area contributed by atoms with Crippen molar-refractivity contribution in [2.45, 2.75) is 18.9 Å². The first-order chi connectivity index (χ1) is 8.63. The van der Waals surface area contributed by atoms with Gasteiger partial charge in [-0.3, -0.25) is 10.1 Å². The summed E-state index contributed by atoms with van der Waals surface area (Å²) in [7, 11) is 0. The second kappa shape index (κ2) is 3.94.